The largest absolute Gasteiger partial charge is 0.309 e. The van der Waals surface area contributed by atoms with Crippen molar-refractivity contribution in [2.24, 2.45) is 0 Å². The molecule has 0 unspecified atom stereocenters. The summed E-state index contributed by atoms with van der Waals surface area (Å²) in [6.45, 7) is 7.34. The molecule has 0 saturated heterocycles. The molecule has 7 aromatic carbocycles. The maximum atomic E-state index is 7.34. The third kappa shape index (κ3) is 3.98. The van der Waals surface area contributed by atoms with Gasteiger partial charge in [-0.15, -0.1) is 0 Å². The number of nitrogens with zero attached hydrogens (tertiary/aromatic N) is 3. The van der Waals surface area contributed by atoms with E-state index in [0.29, 0.717) is 5.69 Å². The Balaban J connectivity index is 1.28. The van der Waals surface area contributed by atoms with Crippen molar-refractivity contribution < 1.29 is 0 Å². The molecule has 0 atom stereocenters. The molecular weight excluding hydrogens is 558 g/mol. The van der Waals surface area contributed by atoms with Gasteiger partial charge in [0.2, 0.25) is 0 Å². The summed E-state index contributed by atoms with van der Waals surface area (Å²) < 4.78 is 4.79. The summed E-state index contributed by atoms with van der Waals surface area (Å²) in [5.74, 6) is 0. The standard InChI is InChI=1S/C43H27N3/c1-44-32-25-23-29(24-26-32)30-11-8-14-34(27-30)46-42-22-7-4-17-38(42)39-19-10-18-35(43(39)46)31-12-9-13-33(28-31)45-40-20-5-2-15-36(40)37-16-3-6-21-41(37)45/h2-28H. The monoisotopic (exact) mass is 585 g/mol. The van der Waals surface area contributed by atoms with E-state index >= 15 is 0 Å². The van der Waals surface area contributed by atoms with Gasteiger partial charge in [0.1, 0.15) is 0 Å². The van der Waals surface area contributed by atoms with Gasteiger partial charge in [-0.25, -0.2) is 4.85 Å². The lowest BCUT2D eigenvalue weighted by Crippen LogP contribution is -1.97. The van der Waals surface area contributed by atoms with Crippen molar-refractivity contribution in [1.82, 2.24) is 9.13 Å². The predicted molar refractivity (Wildman–Crippen MR) is 192 cm³/mol. The molecule has 0 amide bonds. The van der Waals surface area contributed by atoms with Gasteiger partial charge in [0.05, 0.1) is 28.6 Å². The second kappa shape index (κ2) is 10.4. The molecule has 3 nitrogen and oxygen atoms in total. The fourth-order valence-corrected chi connectivity index (χ4v) is 7.09. The first-order valence-corrected chi connectivity index (χ1v) is 15.5. The molecule has 2 aromatic heterocycles. The van der Waals surface area contributed by atoms with Crippen molar-refractivity contribution in [1.29, 1.82) is 0 Å². The maximum Gasteiger partial charge on any atom is 0.187 e. The van der Waals surface area contributed by atoms with Gasteiger partial charge in [0, 0.05) is 38.5 Å². The molecule has 9 aromatic rings. The number of para-hydroxylation sites is 4. The summed E-state index contributed by atoms with van der Waals surface area (Å²) in [6, 6.07) is 58.1. The van der Waals surface area contributed by atoms with Crippen LogP contribution in [-0.2, 0) is 0 Å². The second-order valence-corrected chi connectivity index (χ2v) is 11.7. The Bertz CT molecular complexity index is 2590. The summed E-state index contributed by atoms with van der Waals surface area (Å²) in [7, 11) is 0. The molecule has 0 aliphatic carbocycles. The fourth-order valence-electron chi connectivity index (χ4n) is 7.09. The van der Waals surface area contributed by atoms with Crippen LogP contribution < -0.4 is 0 Å². The predicted octanol–water partition coefficient (Wildman–Crippen LogP) is 11.8. The van der Waals surface area contributed by atoms with Crippen LogP contribution >= 0.6 is 0 Å². The number of fused-ring (bicyclic) bond motifs is 6. The highest BCUT2D eigenvalue weighted by Crippen LogP contribution is 2.40. The second-order valence-electron chi connectivity index (χ2n) is 11.7. The molecule has 0 N–H and O–H groups in total. The maximum absolute atomic E-state index is 7.34. The molecule has 0 radical (unpaired) electrons. The zero-order valence-electron chi connectivity index (χ0n) is 24.9. The number of hydrogen-bond donors (Lipinski definition) is 0. The van der Waals surface area contributed by atoms with Crippen LogP contribution in [0.1, 0.15) is 0 Å². The average Bonchev–Trinajstić information content (AvgIpc) is 3.65. The smallest absolute Gasteiger partial charge is 0.187 e. The molecule has 2 heterocycles. The first-order valence-electron chi connectivity index (χ1n) is 15.5. The van der Waals surface area contributed by atoms with Crippen LogP contribution in [0.2, 0.25) is 0 Å². The Morgan fingerprint density at radius 3 is 1.54 bits per heavy atom. The van der Waals surface area contributed by atoms with Crippen LogP contribution in [0.25, 0.3) is 82.1 Å². The van der Waals surface area contributed by atoms with E-state index in [1.807, 2.05) is 24.3 Å². The van der Waals surface area contributed by atoms with E-state index in [1.54, 1.807) is 0 Å². The lowest BCUT2D eigenvalue weighted by Gasteiger charge is -2.14. The topological polar surface area (TPSA) is 14.2 Å². The van der Waals surface area contributed by atoms with Crippen LogP contribution in [0.5, 0.6) is 0 Å². The molecule has 0 fully saturated rings. The van der Waals surface area contributed by atoms with Crippen molar-refractivity contribution in [2.75, 3.05) is 0 Å². The Morgan fingerprint density at radius 1 is 0.391 bits per heavy atom. The highest BCUT2D eigenvalue weighted by atomic mass is 15.0. The third-order valence-corrected chi connectivity index (χ3v) is 9.12. The van der Waals surface area contributed by atoms with Crippen molar-refractivity contribution >= 4 is 49.3 Å². The van der Waals surface area contributed by atoms with Gasteiger partial charge < -0.3 is 9.13 Å². The summed E-state index contributed by atoms with van der Waals surface area (Å²) in [5, 5.41) is 4.97. The van der Waals surface area contributed by atoms with E-state index in [9.17, 15) is 0 Å². The van der Waals surface area contributed by atoms with Gasteiger partial charge in [-0.3, -0.25) is 0 Å². The van der Waals surface area contributed by atoms with Gasteiger partial charge >= 0.3 is 0 Å². The van der Waals surface area contributed by atoms with E-state index < -0.39 is 0 Å². The van der Waals surface area contributed by atoms with Crippen LogP contribution in [0.4, 0.5) is 5.69 Å². The normalized spacial score (nSPS) is 11.5. The average molecular weight is 586 g/mol. The number of benzene rings is 7. The molecule has 3 heteroatoms. The minimum Gasteiger partial charge on any atom is -0.309 e. The summed E-state index contributed by atoms with van der Waals surface area (Å²) in [6.07, 6.45) is 0. The van der Waals surface area contributed by atoms with E-state index in [1.165, 1.54) is 54.7 Å². The molecule has 0 aliphatic heterocycles. The van der Waals surface area contributed by atoms with E-state index in [4.69, 9.17) is 6.57 Å². The van der Waals surface area contributed by atoms with Gasteiger partial charge in [0.25, 0.3) is 0 Å². The number of rotatable bonds is 4. The fraction of sp³-hybridized carbons (Fsp3) is 0. The van der Waals surface area contributed by atoms with E-state index in [2.05, 4.69) is 154 Å². The van der Waals surface area contributed by atoms with Crippen molar-refractivity contribution in [3.05, 3.63) is 175 Å². The Hall–Kier alpha value is -6.37. The Morgan fingerprint density at radius 2 is 0.891 bits per heavy atom. The third-order valence-electron chi connectivity index (χ3n) is 9.12. The van der Waals surface area contributed by atoms with E-state index in [-0.39, 0.29) is 0 Å². The molecule has 0 saturated carbocycles. The van der Waals surface area contributed by atoms with Crippen molar-refractivity contribution in [3.63, 3.8) is 0 Å². The lowest BCUT2D eigenvalue weighted by atomic mass is 10.0. The number of aromatic nitrogens is 2. The SMILES string of the molecule is [C-]#[N+]c1ccc(-c2cccc(-n3c4ccccc4c4cccc(-c5cccc(-n6c7ccccc7c7ccccc76)c5)c43)c2)cc1. The molecule has 0 bridgehead atoms. The molecule has 0 aliphatic rings. The Kier molecular flexibility index (Phi) is 5.88. The van der Waals surface area contributed by atoms with Crippen molar-refractivity contribution in [3.8, 4) is 33.6 Å². The van der Waals surface area contributed by atoms with Gasteiger partial charge in [0.15, 0.2) is 5.69 Å². The zero-order valence-corrected chi connectivity index (χ0v) is 24.9. The highest BCUT2D eigenvalue weighted by molar-refractivity contribution is 6.14. The Labute approximate surface area is 266 Å². The van der Waals surface area contributed by atoms with E-state index in [0.717, 1.165) is 22.5 Å². The quantitative estimate of drug-likeness (QED) is 0.182. The van der Waals surface area contributed by atoms with Crippen LogP contribution in [0.15, 0.2) is 164 Å². The first-order chi connectivity index (χ1) is 22.8. The summed E-state index contributed by atoms with van der Waals surface area (Å²) in [5.41, 5.74) is 12.2. The molecule has 0 spiro atoms. The van der Waals surface area contributed by atoms with Crippen LogP contribution in [0.3, 0.4) is 0 Å². The summed E-state index contributed by atoms with van der Waals surface area (Å²) >= 11 is 0. The first kappa shape index (κ1) is 26.1. The minimum atomic E-state index is 0.648. The molecule has 9 rings (SSSR count). The van der Waals surface area contributed by atoms with Crippen molar-refractivity contribution in [2.45, 2.75) is 0 Å². The molecular formula is C43H27N3. The lowest BCUT2D eigenvalue weighted by molar-refractivity contribution is 1.17. The van der Waals surface area contributed by atoms with Gasteiger partial charge in [-0.2, -0.15) is 0 Å². The van der Waals surface area contributed by atoms with Gasteiger partial charge in [-0.1, -0.05) is 121 Å². The van der Waals surface area contributed by atoms with Crippen LogP contribution in [0, 0.1) is 6.57 Å². The minimum absolute atomic E-state index is 0.648. The number of hydrogen-bond acceptors (Lipinski definition) is 0. The summed E-state index contributed by atoms with van der Waals surface area (Å²) in [4.78, 5) is 3.57. The zero-order chi connectivity index (χ0) is 30.6. The molecule has 214 valence electrons. The van der Waals surface area contributed by atoms with Gasteiger partial charge in [-0.05, 0) is 59.2 Å². The highest BCUT2D eigenvalue weighted by Gasteiger charge is 2.18. The van der Waals surface area contributed by atoms with Crippen LogP contribution in [-0.4, -0.2) is 9.13 Å². The molecule has 46 heavy (non-hydrogen) atoms.